The minimum absolute atomic E-state index is 0. The molecule has 0 nitrogen and oxygen atoms in total. The van der Waals surface area contributed by atoms with Crippen LogP contribution >= 0.6 is 0 Å². The van der Waals surface area contributed by atoms with Gasteiger partial charge in [-0.2, -0.15) is 12.1 Å². The fourth-order valence-electron chi connectivity index (χ4n) is 7.19. The van der Waals surface area contributed by atoms with Crippen LogP contribution in [-0.2, 0) is 31.6 Å². The molecule has 0 aliphatic heterocycles. The molecule has 1 aliphatic rings. The number of rotatable bonds is 5. The van der Waals surface area contributed by atoms with Crippen LogP contribution in [0.5, 0.6) is 0 Å². The van der Waals surface area contributed by atoms with Gasteiger partial charge in [0.2, 0.25) is 0 Å². The van der Waals surface area contributed by atoms with Crippen molar-refractivity contribution in [3.8, 4) is 22.3 Å². The molecule has 0 N–H and O–H groups in total. The van der Waals surface area contributed by atoms with Crippen LogP contribution in [0.4, 0.5) is 0 Å². The number of aryl methyl sites for hydroxylation is 1. The Bertz CT molecular complexity index is 1860. The van der Waals surface area contributed by atoms with Crippen molar-refractivity contribution in [1.82, 2.24) is 0 Å². The summed E-state index contributed by atoms with van der Waals surface area (Å²) < 4.78 is 0. The number of hydrogen-bond donors (Lipinski definition) is 0. The molecule has 1 aliphatic carbocycles. The minimum Gasteiger partial charge on any atom is -1.00 e. The summed E-state index contributed by atoms with van der Waals surface area (Å²) in [4.78, 5) is 0. The van der Waals surface area contributed by atoms with Crippen LogP contribution in [0.25, 0.3) is 43.8 Å². The summed E-state index contributed by atoms with van der Waals surface area (Å²) in [6.07, 6.45) is 8.14. The number of hydrogen-bond acceptors (Lipinski definition) is 0. The van der Waals surface area contributed by atoms with Crippen molar-refractivity contribution < 1.29 is 51.0 Å². The van der Waals surface area contributed by atoms with Crippen LogP contribution in [0.2, 0.25) is 0 Å². The fraction of sp³-hybridized carbons (Fsp3) is 0.333. The van der Waals surface area contributed by atoms with Gasteiger partial charge >= 0.3 is 26.2 Å². The first kappa shape index (κ1) is 40.0. The van der Waals surface area contributed by atoms with Crippen LogP contribution in [0, 0.1) is 6.92 Å². The van der Waals surface area contributed by atoms with E-state index < -0.39 is 0 Å². The molecule has 3 heteroatoms. The molecule has 0 heterocycles. The molecule has 0 saturated heterocycles. The molecule has 6 aromatic rings. The van der Waals surface area contributed by atoms with E-state index in [2.05, 4.69) is 151 Å². The summed E-state index contributed by atoms with van der Waals surface area (Å²) in [5.41, 5.74) is 11.3. The maximum Gasteiger partial charge on any atom is 4.00 e. The van der Waals surface area contributed by atoms with Gasteiger partial charge in [0.25, 0.3) is 0 Å². The molecular weight excluding hydrogens is 703 g/mol. The third-order valence-electron chi connectivity index (χ3n) is 10.2. The molecule has 1 unspecified atom stereocenters. The third-order valence-corrected chi connectivity index (χ3v) is 10.2. The van der Waals surface area contributed by atoms with Gasteiger partial charge < -0.3 is 24.8 Å². The predicted octanol–water partition coefficient (Wildman–Crippen LogP) is 7.62. The second kappa shape index (κ2) is 17.5. The first-order chi connectivity index (χ1) is 21.7. The van der Waals surface area contributed by atoms with Crippen LogP contribution in [-0.4, -0.2) is 0 Å². The molecule has 0 spiro atoms. The molecule has 248 valence electrons. The van der Waals surface area contributed by atoms with Crippen molar-refractivity contribution in [2.24, 2.45) is 0 Å². The van der Waals surface area contributed by atoms with Gasteiger partial charge in [0.1, 0.15) is 0 Å². The molecule has 1 fully saturated rings. The summed E-state index contributed by atoms with van der Waals surface area (Å²) >= 11 is 0. The topological polar surface area (TPSA) is 0 Å². The monoisotopic (exact) mass is 750 g/mol. The van der Waals surface area contributed by atoms with E-state index in [1.54, 1.807) is 5.56 Å². The average molecular weight is 753 g/mol. The van der Waals surface area contributed by atoms with Crippen molar-refractivity contribution >= 4 is 21.5 Å². The molecule has 0 aromatic heterocycles. The van der Waals surface area contributed by atoms with Gasteiger partial charge in [0, 0.05) is 0 Å². The van der Waals surface area contributed by atoms with Gasteiger partial charge in [0.15, 0.2) is 0 Å². The first-order valence-electron chi connectivity index (χ1n) is 17.3. The van der Waals surface area contributed by atoms with Gasteiger partial charge in [-0.1, -0.05) is 133 Å². The largest absolute Gasteiger partial charge is 4.00 e. The van der Waals surface area contributed by atoms with Gasteiger partial charge in [-0.15, -0.1) is 69.1 Å². The third kappa shape index (κ3) is 9.02. The van der Waals surface area contributed by atoms with E-state index in [0.717, 1.165) is 5.92 Å². The van der Waals surface area contributed by atoms with E-state index >= 15 is 0 Å². The second-order valence-corrected chi connectivity index (χ2v) is 14.5. The Morgan fingerprint density at radius 2 is 1.21 bits per heavy atom. The predicted molar refractivity (Wildman–Crippen MR) is 198 cm³/mol. The van der Waals surface area contributed by atoms with Crippen molar-refractivity contribution in [3.63, 3.8) is 0 Å². The maximum atomic E-state index is 2.47. The van der Waals surface area contributed by atoms with Gasteiger partial charge in [0.05, 0.1) is 0 Å². The molecule has 0 bridgehead atoms. The SMILES string of the molecule is CC(C)(C)c1ccc(-c2cccc3[cH-]c(C4CCCCC4)cc23)cc1.CCC(C)c1ccc(-c2cccc3[cH-]c(C)cc23)cc1.[Cl-].[Cl-].[Zr+4]. The van der Waals surface area contributed by atoms with Crippen LogP contribution in [0.15, 0.2) is 109 Å². The molecule has 48 heavy (non-hydrogen) atoms. The van der Waals surface area contributed by atoms with Gasteiger partial charge in [-0.25, -0.2) is 0 Å². The molecular formula is C45H50Cl2Zr. The van der Waals surface area contributed by atoms with E-state index in [9.17, 15) is 0 Å². The van der Waals surface area contributed by atoms with Crippen LogP contribution < -0.4 is 24.8 Å². The summed E-state index contributed by atoms with van der Waals surface area (Å²) in [7, 11) is 0. The molecule has 0 radical (unpaired) electrons. The van der Waals surface area contributed by atoms with E-state index in [4.69, 9.17) is 0 Å². The molecule has 1 atom stereocenters. The Labute approximate surface area is 321 Å². The smallest absolute Gasteiger partial charge is 1.00 e. The standard InChI is InChI=1S/C25H29.C20H21.2ClH.Zr/c1-25(2,3)22-14-12-19(13-15-22)23-11-7-10-20-16-21(17-24(20)23)18-8-5-4-6-9-18;1-4-15(3)16-8-10-17(11-9-16)19-7-5-6-18-12-14(2)13-20(18)19;;;/h7,10-18H,4-6,8-9H2,1-3H3;5-13,15H,4H2,1-3H3;2*1H;/q2*-1;;;+4/p-2. The maximum absolute atomic E-state index is 2.47. The zero-order chi connectivity index (χ0) is 31.6. The van der Waals surface area contributed by atoms with Crippen molar-refractivity contribution in [3.05, 3.63) is 131 Å². The van der Waals surface area contributed by atoms with E-state index in [-0.39, 0.29) is 56.4 Å². The zero-order valence-electron chi connectivity index (χ0n) is 29.5. The zero-order valence-corrected chi connectivity index (χ0v) is 33.5. The normalized spacial score (nSPS) is 13.9. The average Bonchev–Trinajstić information content (AvgIpc) is 3.68. The Kier molecular flexibility index (Phi) is 14.6. The number of benzene rings is 4. The van der Waals surface area contributed by atoms with Crippen molar-refractivity contribution in [2.75, 3.05) is 0 Å². The molecule has 7 rings (SSSR count). The summed E-state index contributed by atoms with van der Waals surface area (Å²) in [5.74, 6) is 1.42. The number of halogens is 2. The second-order valence-electron chi connectivity index (χ2n) is 14.5. The Morgan fingerprint density at radius 3 is 1.75 bits per heavy atom. The number of fused-ring (bicyclic) bond motifs is 2. The quantitative estimate of drug-likeness (QED) is 0.159. The van der Waals surface area contributed by atoms with Crippen molar-refractivity contribution in [2.45, 2.75) is 97.3 Å². The molecule has 6 aromatic carbocycles. The van der Waals surface area contributed by atoms with E-state index in [1.165, 1.54) is 99.0 Å². The van der Waals surface area contributed by atoms with Crippen LogP contribution in [0.3, 0.4) is 0 Å². The minimum atomic E-state index is 0. The van der Waals surface area contributed by atoms with Gasteiger partial charge in [-0.3, -0.25) is 0 Å². The first-order valence-corrected chi connectivity index (χ1v) is 17.3. The van der Waals surface area contributed by atoms with E-state index in [1.807, 2.05) is 0 Å². The molecule has 1 saturated carbocycles. The molecule has 0 amide bonds. The summed E-state index contributed by atoms with van der Waals surface area (Å²) in [6.45, 7) is 13.5. The van der Waals surface area contributed by atoms with Crippen molar-refractivity contribution in [1.29, 1.82) is 0 Å². The summed E-state index contributed by atoms with van der Waals surface area (Å²) in [6, 6.07) is 41.0. The van der Waals surface area contributed by atoms with Crippen LogP contribution in [0.1, 0.15) is 107 Å². The fourth-order valence-corrected chi connectivity index (χ4v) is 7.19. The Hall–Kier alpha value is -2.44. The van der Waals surface area contributed by atoms with Gasteiger partial charge in [-0.05, 0) is 58.8 Å². The Morgan fingerprint density at radius 1 is 0.688 bits per heavy atom. The van der Waals surface area contributed by atoms with E-state index in [0.29, 0.717) is 5.92 Å². The summed E-state index contributed by atoms with van der Waals surface area (Å²) in [5, 5.41) is 5.52. The Balaban J connectivity index is 0.000000250.